The molecule has 158 valence electrons. The predicted molar refractivity (Wildman–Crippen MR) is 122 cm³/mol. The van der Waals surface area contributed by atoms with Gasteiger partial charge in [0, 0.05) is 18.0 Å². The molecule has 32 heavy (non-hydrogen) atoms. The molecule has 0 aliphatic carbocycles. The lowest BCUT2D eigenvalue weighted by atomic mass is 10.1. The quantitative estimate of drug-likeness (QED) is 0.446. The Labute approximate surface area is 185 Å². The summed E-state index contributed by atoms with van der Waals surface area (Å²) in [6.45, 7) is 2.48. The lowest BCUT2D eigenvalue weighted by molar-refractivity contribution is 0.0938. The number of carbonyl (C=O) groups is 1. The molecule has 0 bridgehead atoms. The summed E-state index contributed by atoms with van der Waals surface area (Å²) >= 11 is 0. The Hall–Kier alpha value is -4.26. The van der Waals surface area contributed by atoms with Crippen LogP contribution in [0.25, 0.3) is 16.9 Å². The van der Waals surface area contributed by atoms with E-state index in [1.807, 2.05) is 101 Å². The Balaban J connectivity index is 1.46. The fourth-order valence-corrected chi connectivity index (χ4v) is 3.74. The first-order chi connectivity index (χ1) is 15.7. The van der Waals surface area contributed by atoms with Crippen molar-refractivity contribution in [3.63, 3.8) is 0 Å². The van der Waals surface area contributed by atoms with Crippen LogP contribution in [0.15, 0.2) is 91.3 Å². The fourth-order valence-electron chi connectivity index (χ4n) is 3.74. The summed E-state index contributed by atoms with van der Waals surface area (Å²) in [6.07, 6.45) is 3.69. The van der Waals surface area contributed by atoms with Crippen LogP contribution in [0.4, 0.5) is 0 Å². The third-order valence-electron chi connectivity index (χ3n) is 5.32. The summed E-state index contributed by atoms with van der Waals surface area (Å²) in [4.78, 5) is 13.3. The van der Waals surface area contributed by atoms with E-state index in [9.17, 15) is 4.79 Å². The normalized spacial score (nSPS) is 12.0. The van der Waals surface area contributed by atoms with Crippen molar-refractivity contribution in [3.8, 4) is 11.3 Å². The van der Waals surface area contributed by atoms with Crippen LogP contribution in [0, 0.1) is 0 Å². The van der Waals surface area contributed by atoms with Gasteiger partial charge in [0.1, 0.15) is 5.69 Å². The van der Waals surface area contributed by atoms with E-state index in [0.717, 1.165) is 16.8 Å². The highest BCUT2D eigenvalue weighted by molar-refractivity contribution is 6.00. The van der Waals surface area contributed by atoms with E-state index in [1.165, 1.54) is 0 Å². The number of hydrogen-bond acceptors (Lipinski definition) is 4. The van der Waals surface area contributed by atoms with Gasteiger partial charge in [-0.25, -0.2) is 0 Å². The fraction of sp³-hybridized carbons (Fsp3) is 0.120. The third-order valence-corrected chi connectivity index (χ3v) is 5.32. The third kappa shape index (κ3) is 3.88. The molecule has 0 aliphatic rings. The van der Waals surface area contributed by atoms with Crippen LogP contribution >= 0.6 is 0 Å². The maximum atomic E-state index is 13.3. The van der Waals surface area contributed by atoms with E-state index in [1.54, 1.807) is 6.20 Å². The van der Waals surface area contributed by atoms with Crippen LogP contribution < -0.4 is 5.32 Å². The molecule has 0 fully saturated rings. The molecule has 3 heterocycles. The Morgan fingerprint density at radius 1 is 0.938 bits per heavy atom. The molecule has 7 nitrogen and oxygen atoms in total. The number of fused-ring (bicyclic) bond motifs is 1. The van der Waals surface area contributed by atoms with E-state index >= 15 is 0 Å². The molecule has 2 aromatic carbocycles. The van der Waals surface area contributed by atoms with Gasteiger partial charge in [0.15, 0.2) is 11.5 Å². The zero-order valence-corrected chi connectivity index (χ0v) is 17.6. The minimum atomic E-state index is -0.332. The molecule has 7 heteroatoms. The second-order valence-electron chi connectivity index (χ2n) is 7.62. The summed E-state index contributed by atoms with van der Waals surface area (Å²) in [5, 5.41) is 16.2. The molecular formula is C25H22N6O. The van der Waals surface area contributed by atoms with Crippen LogP contribution in [-0.2, 0) is 6.54 Å². The number of hydrogen-bond donors (Lipinski definition) is 1. The molecule has 1 amide bonds. The highest BCUT2D eigenvalue weighted by Gasteiger charge is 2.22. The first-order valence-electron chi connectivity index (χ1n) is 10.5. The molecule has 5 rings (SSSR count). The highest BCUT2D eigenvalue weighted by Crippen LogP contribution is 2.23. The first kappa shape index (κ1) is 19.7. The van der Waals surface area contributed by atoms with Crippen LogP contribution in [-0.4, -0.2) is 30.3 Å². The lowest BCUT2D eigenvalue weighted by Gasteiger charge is -2.12. The van der Waals surface area contributed by atoms with Crippen molar-refractivity contribution in [3.05, 3.63) is 108 Å². The number of aromatic nitrogens is 5. The monoisotopic (exact) mass is 422 g/mol. The molecule has 0 radical (unpaired) electrons. The molecule has 3 aromatic heterocycles. The molecule has 5 aromatic rings. The van der Waals surface area contributed by atoms with Gasteiger partial charge in [-0.15, -0.1) is 10.2 Å². The van der Waals surface area contributed by atoms with Crippen molar-refractivity contribution < 1.29 is 4.79 Å². The number of nitrogens with zero attached hydrogens (tertiary/aromatic N) is 5. The molecule has 0 spiro atoms. The number of amides is 1. The highest BCUT2D eigenvalue weighted by atomic mass is 16.1. The minimum absolute atomic E-state index is 0.205. The van der Waals surface area contributed by atoms with Crippen LogP contribution in [0.5, 0.6) is 0 Å². The number of pyridine rings is 1. The van der Waals surface area contributed by atoms with Crippen molar-refractivity contribution >= 4 is 11.6 Å². The molecule has 1 N–H and O–H groups in total. The first-order valence-corrected chi connectivity index (χ1v) is 10.5. The predicted octanol–water partition coefficient (Wildman–Crippen LogP) is 4.13. The van der Waals surface area contributed by atoms with Gasteiger partial charge in [-0.2, -0.15) is 5.10 Å². The minimum Gasteiger partial charge on any atom is -0.342 e. The van der Waals surface area contributed by atoms with Gasteiger partial charge in [0.05, 0.1) is 18.2 Å². The van der Waals surface area contributed by atoms with E-state index in [0.29, 0.717) is 23.6 Å². The maximum Gasteiger partial charge on any atom is 0.255 e. The summed E-state index contributed by atoms with van der Waals surface area (Å²) in [7, 11) is 0. The summed E-state index contributed by atoms with van der Waals surface area (Å²) in [5.41, 5.74) is 3.92. The van der Waals surface area contributed by atoms with Gasteiger partial charge in [-0.05, 0) is 24.6 Å². The molecule has 0 aliphatic heterocycles. The molecule has 0 saturated heterocycles. The van der Waals surface area contributed by atoms with Crippen molar-refractivity contribution in [2.75, 3.05) is 0 Å². The van der Waals surface area contributed by atoms with E-state index in [4.69, 9.17) is 5.10 Å². The van der Waals surface area contributed by atoms with Crippen LogP contribution in [0.3, 0.4) is 0 Å². The smallest absolute Gasteiger partial charge is 0.255 e. The average Bonchev–Trinajstić information content (AvgIpc) is 3.45. The summed E-state index contributed by atoms with van der Waals surface area (Å²) in [5.74, 6) is 0.468. The van der Waals surface area contributed by atoms with Gasteiger partial charge in [0.2, 0.25) is 0 Å². The van der Waals surface area contributed by atoms with Crippen molar-refractivity contribution in [2.24, 2.45) is 0 Å². The maximum absolute atomic E-state index is 13.3. The van der Waals surface area contributed by atoms with Crippen LogP contribution in [0.2, 0.25) is 0 Å². The standard InChI is InChI=1S/C25H22N6O/c1-18(24-28-27-22-14-8-9-15-31(22)24)26-25(32)21-17-30(16-19-10-4-2-5-11-19)29-23(21)20-12-6-3-7-13-20/h2-15,17-18H,16H2,1H3,(H,26,32)/t18-/m0/s1. The molecule has 1 atom stereocenters. The number of benzene rings is 2. The van der Waals surface area contributed by atoms with Gasteiger partial charge >= 0.3 is 0 Å². The second-order valence-corrected chi connectivity index (χ2v) is 7.62. The Bertz CT molecular complexity index is 1360. The summed E-state index contributed by atoms with van der Waals surface area (Å²) < 4.78 is 3.69. The second kappa shape index (κ2) is 8.47. The lowest BCUT2D eigenvalue weighted by Crippen LogP contribution is -2.28. The van der Waals surface area contributed by atoms with Gasteiger partial charge in [-0.3, -0.25) is 13.9 Å². The number of rotatable bonds is 6. The van der Waals surface area contributed by atoms with Crippen molar-refractivity contribution in [2.45, 2.75) is 19.5 Å². The van der Waals surface area contributed by atoms with E-state index in [-0.39, 0.29) is 11.9 Å². The van der Waals surface area contributed by atoms with Crippen molar-refractivity contribution in [1.82, 2.24) is 29.7 Å². The molecule has 0 unspecified atom stereocenters. The molecular weight excluding hydrogens is 400 g/mol. The average molecular weight is 422 g/mol. The van der Waals surface area contributed by atoms with Gasteiger partial charge in [0.25, 0.3) is 5.91 Å². The summed E-state index contributed by atoms with van der Waals surface area (Å²) in [6, 6.07) is 25.2. The Kier molecular flexibility index (Phi) is 5.21. The van der Waals surface area contributed by atoms with Gasteiger partial charge in [-0.1, -0.05) is 66.7 Å². The molecule has 0 saturated carbocycles. The Morgan fingerprint density at radius 3 is 2.44 bits per heavy atom. The zero-order valence-electron chi connectivity index (χ0n) is 17.6. The SMILES string of the molecule is C[C@H](NC(=O)c1cn(Cc2ccccc2)nc1-c1ccccc1)c1nnc2ccccn12. The Morgan fingerprint density at radius 2 is 1.66 bits per heavy atom. The number of nitrogens with one attached hydrogen (secondary N) is 1. The van der Waals surface area contributed by atoms with Crippen LogP contribution in [0.1, 0.15) is 34.7 Å². The topological polar surface area (TPSA) is 77.1 Å². The van der Waals surface area contributed by atoms with E-state index in [2.05, 4.69) is 15.5 Å². The zero-order chi connectivity index (χ0) is 21.9. The van der Waals surface area contributed by atoms with E-state index < -0.39 is 0 Å². The van der Waals surface area contributed by atoms with Gasteiger partial charge < -0.3 is 5.32 Å². The largest absolute Gasteiger partial charge is 0.342 e. The van der Waals surface area contributed by atoms with Crippen molar-refractivity contribution in [1.29, 1.82) is 0 Å². The number of carbonyl (C=O) groups excluding carboxylic acids is 1.